The van der Waals surface area contributed by atoms with Crippen LogP contribution in [-0.2, 0) is 12.8 Å². The molecule has 1 aromatic carbocycles. The van der Waals surface area contributed by atoms with Gasteiger partial charge in [-0.15, -0.1) is 0 Å². The fourth-order valence-corrected chi connectivity index (χ4v) is 2.99. The van der Waals surface area contributed by atoms with Crippen LogP contribution >= 0.6 is 0 Å². The van der Waals surface area contributed by atoms with Gasteiger partial charge in [0.1, 0.15) is 0 Å². The molecule has 2 heterocycles. The second-order valence-electron chi connectivity index (χ2n) is 5.64. The Morgan fingerprint density at radius 1 is 1.26 bits per heavy atom. The molecule has 0 bridgehead atoms. The van der Waals surface area contributed by atoms with Gasteiger partial charge in [0.15, 0.2) is 0 Å². The summed E-state index contributed by atoms with van der Waals surface area (Å²) in [4.78, 5) is 4.60. The van der Waals surface area contributed by atoms with Crippen LogP contribution in [0.5, 0.6) is 0 Å². The first kappa shape index (κ1) is 12.6. The maximum atomic E-state index is 4.60. The van der Waals surface area contributed by atoms with Crippen molar-refractivity contribution in [2.75, 3.05) is 13.1 Å². The first-order valence-electron chi connectivity index (χ1n) is 7.43. The van der Waals surface area contributed by atoms with Crippen molar-refractivity contribution in [2.45, 2.75) is 32.6 Å². The van der Waals surface area contributed by atoms with Gasteiger partial charge in [-0.1, -0.05) is 13.0 Å². The van der Waals surface area contributed by atoms with E-state index >= 15 is 0 Å². The lowest BCUT2D eigenvalue weighted by molar-refractivity contribution is 0.376. The molecule has 1 aliphatic rings. The van der Waals surface area contributed by atoms with Crippen molar-refractivity contribution in [1.82, 2.24) is 10.3 Å². The number of aryl methyl sites for hydroxylation is 1. The first-order valence-corrected chi connectivity index (χ1v) is 7.43. The SMILES string of the molecule is CCc1ccc2ncc(CC3CCCNC3)cc2c1. The summed E-state index contributed by atoms with van der Waals surface area (Å²) < 4.78 is 0. The van der Waals surface area contributed by atoms with Crippen LogP contribution in [-0.4, -0.2) is 18.1 Å². The van der Waals surface area contributed by atoms with E-state index in [4.69, 9.17) is 0 Å². The highest BCUT2D eigenvalue weighted by Crippen LogP contribution is 2.20. The molecule has 0 aliphatic carbocycles. The van der Waals surface area contributed by atoms with Gasteiger partial charge >= 0.3 is 0 Å². The minimum absolute atomic E-state index is 0.780. The van der Waals surface area contributed by atoms with E-state index in [2.05, 4.69) is 47.7 Å². The van der Waals surface area contributed by atoms with Gasteiger partial charge in [0.2, 0.25) is 0 Å². The molecule has 2 aromatic rings. The van der Waals surface area contributed by atoms with E-state index in [1.807, 2.05) is 0 Å². The van der Waals surface area contributed by atoms with Crippen LogP contribution in [0.25, 0.3) is 10.9 Å². The molecule has 3 rings (SSSR count). The molecular formula is C17H22N2. The van der Waals surface area contributed by atoms with Gasteiger partial charge < -0.3 is 5.32 Å². The molecule has 2 nitrogen and oxygen atoms in total. The monoisotopic (exact) mass is 254 g/mol. The number of piperidine rings is 1. The average Bonchev–Trinajstić information content (AvgIpc) is 2.47. The van der Waals surface area contributed by atoms with Gasteiger partial charge in [-0.05, 0) is 74.0 Å². The third-order valence-electron chi connectivity index (χ3n) is 4.13. The molecule has 1 unspecified atom stereocenters. The third-order valence-corrected chi connectivity index (χ3v) is 4.13. The number of benzene rings is 1. The van der Waals surface area contributed by atoms with E-state index in [-0.39, 0.29) is 0 Å². The molecule has 0 amide bonds. The van der Waals surface area contributed by atoms with E-state index in [1.165, 1.54) is 35.9 Å². The number of hydrogen-bond donors (Lipinski definition) is 1. The number of aromatic nitrogens is 1. The number of fused-ring (bicyclic) bond motifs is 1. The normalized spacial score (nSPS) is 19.7. The maximum absolute atomic E-state index is 4.60. The van der Waals surface area contributed by atoms with Gasteiger partial charge in [0.25, 0.3) is 0 Å². The molecule has 1 saturated heterocycles. The van der Waals surface area contributed by atoms with Crippen molar-refractivity contribution >= 4 is 10.9 Å². The van der Waals surface area contributed by atoms with E-state index in [1.54, 1.807) is 0 Å². The largest absolute Gasteiger partial charge is 0.316 e. The van der Waals surface area contributed by atoms with Crippen LogP contribution in [0.2, 0.25) is 0 Å². The quantitative estimate of drug-likeness (QED) is 0.908. The summed E-state index contributed by atoms with van der Waals surface area (Å²) in [6.07, 6.45) is 6.97. The Kier molecular flexibility index (Phi) is 3.79. The second kappa shape index (κ2) is 5.70. The van der Waals surface area contributed by atoms with Gasteiger partial charge in [-0.2, -0.15) is 0 Å². The van der Waals surface area contributed by atoms with Crippen LogP contribution < -0.4 is 5.32 Å². The van der Waals surface area contributed by atoms with Crippen molar-refractivity contribution < 1.29 is 0 Å². The van der Waals surface area contributed by atoms with Crippen molar-refractivity contribution in [1.29, 1.82) is 0 Å². The summed E-state index contributed by atoms with van der Waals surface area (Å²) in [6.45, 7) is 4.55. The van der Waals surface area contributed by atoms with E-state index in [0.717, 1.165) is 30.8 Å². The molecule has 0 saturated carbocycles. The number of pyridine rings is 1. The van der Waals surface area contributed by atoms with Crippen LogP contribution in [0.15, 0.2) is 30.5 Å². The Hall–Kier alpha value is -1.41. The van der Waals surface area contributed by atoms with Crippen molar-refractivity contribution in [2.24, 2.45) is 5.92 Å². The summed E-state index contributed by atoms with van der Waals surface area (Å²) in [5.41, 5.74) is 3.89. The predicted molar refractivity (Wildman–Crippen MR) is 80.4 cm³/mol. The number of nitrogens with zero attached hydrogens (tertiary/aromatic N) is 1. The molecule has 100 valence electrons. The van der Waals surface area contributed by atoms with Gasteiger partial charge in [-0.3, -0.25) is 4.98 Å². The number of nitrogens with one attached hydrogen (secondary N) is 1. The molecule has 0 radical (unpaired) electrons. The van der Waals surface area contributed by atoms with E-state index in [0.29, 0.717) is 0 Å². The Morgan fingerprint density at radius 2 is 2.16 bits per heavy atom. The minimum Gasteiger partial charge on any atom is -0.316 e. The molecule has 1 aromatic heterocycles. The van der Waals surface area contributed by atoms with Gasteiger partial charge in [0, 0.05) is 11.6 Å². The van der Waals surface area contributed by atoms with Crippen molar-refractivity contribution in [3.63, 3.8) is 0 Å². The topological polar surface area (TPSA) is 24.9 Å². The zero-order chi connectivity index (χ0) is 13.1. The van der Waals surface area contributed by atoms with E-state index < -0.39 is 0 Å². The third kappa shape index (κ3) is 2.95. The number of rotatable bonds is 3. The van der Waals surface area contributed by atoms with Crippen LogP contribution in [0.3, 0.4) is 0 Å². The Balaban J connectivity index is 1.83. The van der Waals surface area contributed by atoms with Crippen LogP contribution in [0.4, 0.5) is 0 Å². The Morgan fingerprint density at radius 3 is 2.95 bits per heavy atom. The van der Waals surface area contributed by atoms with Gasteiger partial charge in [-0.25, -0.2) is 0 Å². The van der Waals surface area contributed by atoms with Crippen molar-refractivity contribution in [3.05, 3.63) is 41.6 Å². The average molecular weight is 254 g/mol. The lowest BCUT2D eigenvalue weighted by Crippen LogP contribution is -2.30. The summed E-state index contributed by atoms with van der Waals surface area (Å²) >= 11 is 0. The predicted octanol–water partition coefficient (Wildman–Crippen LogP) is 3.34. The fourth-order valence-electron chi connectivity index (χ4n) is 2.99. The number of hydrogen-bond acceptors (Lipinski definition) is 2. The van der Waals surface area contributed by atoms with Gasteiger partial charge in [0.05, 0.1) is 5.52 Å². The molecule has 0 spiro atoms. The second-order valence-corrected chi connectivity index (χ2v) is 5.64. The zero-order valence-electron chi connectivity index (χ0n) is 11.7. The lowest BCUT2D eigenvalue weighted by atomic mass is 9.92. The molecular weight excluding hydrogens is 232 g/mol. The van der Waals surface area contributed by atoms with Crippen molar-refractivity contribution in [3.8, 4) is 0 Å². The van der Waals surface area contributed by atoms with Crippen LogP contribution in [0.1, 0.15) is 30.9 Å². The molecule has 19 heavy (non-hydrogen) atoms. The standard InChI is InChI=1S/C17H22N2/c1-2-13-5-6-17-16(9-13)10-15(12-19-17)8-14-4-3-7-18-11-14/h5-6,9-10,12,14,18H,2-4,7-8,11H2,1H3. The lowest BCUT2D eigenvalue weighted by Gasteiger charge is -2.22. The first-order chi connectivity index (χ1) is 9.35. The minimum atomic E-state index is 0.780. The highest BCUT2D eigenvalue weighted by molar-refractivity contribution is 5.79. The zero-order valence-corrected chi connectivity index (χ0v) is 11.7. The van der Waals surface area contributed by atoms with Crippen LogP contribution in [0, 0.1) is 5.92 Å². The smallest absolute Gasteiger partial charge is 0.0702 e. The fraction of sp³-hybridized carbons (Fsp3) is 0.471. The molecule has 1 N–H and O–H groups in total. The molecule has 2 heteroatoms. The molecule has 1 atom stereocenters. The summed E-state index contributed by atoms with van der Waals surface area (Å²) in [7, 11) is 0. The Bertz CT molecular complexity index is 556. The molecule has 1 aliphatic heterocycles. The highest BCUT2D eigenvalue weighted by Gasteiger charge is 2.13. The summed E-state index contributed by atoms with van der Waals surface area (Å²) in [6, 6.07) is 8.93. The molecule has 1 fully saturated rings. The highest BCUT2D eigenvalue weighted by atomic mass is 14.9. The Labute approximate surface area is 115 Å². The summed E-state index contributed by atoms with van der Waals surface area (Å²) in [5.74, 6) is 0.780. The van der Waals surface area contributed by atoms with E-state index in [9.17, 15) is 0 Å². The summed E-state index contributed by atoms with van der Waals surface area (Å²) in [5, 5.41) is 4.78. The maximum Gasteiger partial charge on any atom is 0.0702 e.